The van der Waals surface area contributed by atoms with Crippen LogP contribution in [-0.4, -0.2) is 22.8 Å². The van der Waals surface area contributed by atoms with Crippen LogP contribution in [-0.2, 0) is 6.42 Å². The maximum atomic E-state index is 13.3. The lowest BCUT2D eigenvalue weighted by molar-refractivity contribution is 0.569. The first-order valence-corrected chi connectivity index (χ1v) is 7.70. The molecule has 0 unspecified atom stereocenters. The lowest BCUT2D eigenvalue weighted by Crippen LogP contribution is -2.23. The fourth-order valence-electron chi connectivity index (χ4n) is 1.88. The van der Waals surface area contributed by atoms with E-state index in [1.54, 1.807) is 24.3 Å². The fraction of sp³-hybridized carbons (Fsp3) is 0.467. The van der Waals surface area contributed by atoms with E-state index in [1.807, 2.05) is 6.07 Å². The van der Waals surface area contributed by atoms with Gasteiger partial charge in [0.1, 0.15) is 15.8 Å². The Morgan fingerprint density at radius 1 is 1.30 bits per heavy atom. The van der Waals surface area contributed by atoms with E-state index >= 15 is 0 Å². The summed E-state index contributed by atoms with van der Waals surface area (Å²) >= 11 is 1.59. The SMILES string of the molecule is Cc1cc(-c2nnc(CCCNC(C)C)s2)ccc1F. The molecule has 0 saturated heterocycles. The predicted molar refractivity (Wildman–Crippen MR) is 81.5 cm³/mol. The molecule has 0 aliphatic heterocycles. The van der Waals surface area contributed by atoms with E-state index in [1.165, 1.54) is 6.07 Å². The summed E-state index contributed by atoms with van der Waals surface area (Å²) < 4.78 is 13.3. The Bertz CT molecular complexity index is 566. The lowest BCUT2D eigenvalue weighted by atomic mass is 10.1. The monoisotopic (exact) mass is 293 g/mol. The zero-order chi connectivity index (χ0) is 14.5. The van der Waals surface area contributed by atoms with Crippen molar-refractivity contribution in [3.8, 4) is 10.6 Å². The second-order valence-corrected chi connectivity index (χ2v) is 6.24. The van der Waals surface area contributed by atoms with Crippen LogP contribution in [0.2, 0.25) is 0 Å². The molecular formula is C15H20FN3S. The Morgan fingerprint density at radius 3 is 2.80 bits per heavy atom. The van der Waals surface area contributed by atoms with Gasteiger partial charge in [-0.15, -0.1) is 10.2 Å². The van der Waals surface area contributed by atoms with Gasteiger partial charge in [-0.2, -0.15) is 0 Å². The van der Waals surface area contributed by atoms with Gasteiger partial charge in [0, 0.05) is 18.0 Å². The molecule has 1 aromatic carbocycles. The van der Waals surface area contributed by atoms with Crippen molar-refractivity contribution < 1.29 is 4.39 Å². The molecule has 20 heavy (non-hydrogen) atoms. The summed E-state index contributed by atoms with van der Waals surface area (Å²) in [5.41, 5.74) is 1.58. The summed E-state index contributed by atoms with van der Waals surface area (Å²) in [6.07, 6.45) is 1.98. The zero-order valence-corrected chi connectivity index (χ0v) is 12.9. The van der Waals surface area contributed by atoms with E-state index in [2.05, 4.69) is 29.4 Å². The van der Waals surface area contributed by atoms with Crippen LogP contribution in [0.15, 0.2) is 18.2 Å². The number of nitrogens with zero attached hydrogens (tertiary/aromatic N) is 2. The molecular weight excluding hydrogens is 273 g/mol. The maximum Gasteiger partial charge on any atom is 0.147 e. The molecule has 3 nitrogen and oxygen atoms in total. The van der Waals surface area contributed by atoms with Crippen molar-refractivity contribution in [2.24, 2.45) is 0 Å². The summed E-state index contributed by atoms with van der Waals surface area (Å²) in [6.45, 7) is 7.03. The molecule has 0 fully saturated rings. The molecule has 0 aliphatic carbocycles. The highest BCUT2D eigenvalue weighted by molar-refractivity contribution is 7.14. The van der Waals surface area contributed by atoms with Crippen LogP contribution >= 0.6 is 11.3 Å². The van der Waals surface area contributed by atoms with E-state index in [0.29, 0.717) is 11.6 Å². The standard InChI is InChI=1S/C15H20FN3S/c1-10(2)17-8-4-5-14-18-19-15(20-14)12-6-7-13(16)11(3)9-12/h6-7,9-10,17H,4-5,8H2,1-3H3. The maximum absolute atomic E-state index is 13.3. The van der Waals surface area contributed by atoms with Crippen molar-refractivity contribution in [3.63, 3.8) is 0 Å². The molecule has 0 amide bonds. The highest BCUT2D eigenvalue weighted by Gasteiger charge is 2.08. The number of rotatable bonds is 6. The van der Waals surface area contributed by atoms with Gasteiger partial charge in [0.25, 0.3) is 0 Å². The quantitative estimate of drug-likeness (QED) is 0.827. The topological polar surface area (TPSA) is 37.8 Å². The van der Waals surface area contributed by atoms with Crippen molar-refractivity contribution in [2.75, 3.05) is 6.54 Å². The van der Waals surface area contributed by atoms with Crippen LogP contribution in [0.4, 0.5) is 4.39 Å². The zero-order valence-electron chi connectivity index (χ0n) is 12.1. The Morgan fingerprint density at radius 2 is 2.10 bits per heavy atom. The number of aryl methyl sites for hydroxylation is 2. The Balaban J connectivity index is 1.96. The van der Waals surface area contributed by atoms with Crippen LogP contribution in [0.25, 0.3) is 10.6 Å². The number of aromatic nitrogens is 2. The molecule has 1 N–H and O–H groups in total. The molecule has 0 saturated carbocycles. The van der Waals surface area contributed by atoms with Crippen LogP contribution < -0.4 is 5.32 Å². The molecule has 0 atom stereocenters. The second-order valence-electron chi connectivity index (χ2n) is 5.18. The second kappa shape index (κ2) is 6.90. The first kappa shape index (κ1) is 15.1. The highest BCUT2D eigenvalue weighted by Crippen LogP contribution is 2.25. The van der Waals surface area contributed by atoms with Gasteiger partial charge in [-0.05, 0) is 43.7 Å². The van der Waals surface area contributed by atoms with Gasteiger partial charge in [-0.3, -0.25) is 0 Å². The van der Waals surface area contributed by atoms with Crippen molar-refractivity contribution >= 4 is 11.3 Å². The molecule has 0 spiro atoms. The van der Waals surface area contributed by atoms with E-state index in [9.17, 15) is 4.39 Å². The van der Waals surface area contributed by atoms with E-state index < -0.39 is 0 Å². The number of hydrogen-bond acceptors (Lipinski definition) is 4. The van der Waals surface area contributed by atoms with Gasteiger partial charge < -0.3 is 5.32 Å². The van der Waals surface area contributed by atoms with E-state index in [4.69, 9.17) is 0 Å². The third-order valence-corrected chi connectivity index (χ3v) is 4.02. The number of nitrogens with one attached hydrogen (secondary N) is 1. The van der Waals surface area contributed by atoms with Crippen LogP contribution in [0.3, 0.4) is 0 Å². The van der Waals surface area contributed by atoms with Crippen LogP contribution in [0.1, 0.15) is 30.8 Å². The van der Waals surface area contributed by atoms with Gasteiger partial charge in [-0.1, -0.05) is 25.2 Å². The Kier molecular flexibility index (Phi) is 5.20. The van der Waals surface area contributed by atoms with Crippen LogP contribution in [0, 0.1) is 12.7 Å². The minimum atomic E-state index is -0.182. The summed E-state index contributed by atoms with van der Waals surface area (Å²) in [6, 6.07) is 5.58. The molecule has 2 rings (SSSR count). The molecule has 0 aliphatic rings. The van der Waals surface area contributed by atoms with Crippen molar-refractivity contribution in [3.05, 3.63) is 34.6 Å². The first-order chi connectivity index (χ1) is 9.56. The first-order valence-electron chi connectivity index (χ1n) is 6.88. The molecule has 0 radical (unpaired) electrons. The number of benzene rings is 1. The number of hydrogen-bond donors (Lipinski definition) is 1. The van der Waals surface area contributed by atoms with Crippen molar-refractivity contribution in [1.29, 1.82) is 0 Å². The molecule has 5 heteroatoms. The summed E-state index contributed by atoms with van der Waals surface area (Å²) in [4.78, 5) is 0. The van der Waals surface area contributed by atoms with Gasteiger partial charge in [-0.25, -0.2) is 4.39 Å². The summed E-state index contributed by atoms with van der Waals surface area (Å²) in [5.74, 6) is -0.182. The van der Waals surface area contributed by atoms with Crippen molar-refractivity contribution in [1.82, 2.24) is 15.5 Å². The number of halogens is 1. The predicted octanol–water partition coefficient (Wildman–Crippen LogP) is 3.58. The Labute approximate surface area is 123 Å². The van der Waals surface area contributed by atoms with Crippen molar-refractivity contribution in [2.45, 2.75) is 39.7 Å². The molecule has 1 aromatic heterocycles. The van der Waals surface area contributed by atoms with Gasteiger partial charge >= 0.3 is 0 Å². The highest BCUT2D eigenvalue weighted by atomic mass is 32.1. The minimum absolute atomic E-state index is 0.182. The average molecular weight is 293 g/mol. The molecule has 108 valence electrons. The average Bonchev–Trinajstić information content (AvgIpc) is 2.86. The third kappa shape index (κ3) is 4.08. The normalized spacial score (nSPS) is 11.2. The van der Waals surface area contributed by atoms with E-state index in [0.717, 1.165) is 35.0 Å². The lowest BCUT2D eigenvalue weighted by Gasteiger charge is -2.05. The largest absolute Gasteiger partial charge is 0.315 e. The van der Waals surface area contributed by atoms with Gasteiger partial charge in [0.2, 0.25) is 0 Å². The molecule has 2 aromatic rings. The van der Waals surface area contributed by atoms with Gasteiger partial charge in [0.15, 0.2) is 0 Å². The summed E-state index contributed by atoms with van der Waals surface area (Å²) in [5, 5.41) is 13.7. The molecule has 1 heterocycles. The van der Waals surface area contributed by atoms with Gasteiger partial charge in [0.05, 0.1) is 0 Å². The third-order valence-electron chi connectivity index (χ3n) is 2.99. The smallest absolute Gasteiger partial charge is 0.147 e. The molecule has 0 bridgehead atoms. The van der Waals surface area contributed by atoms with Crippen LogP contribution in [0.5, 0.6) is 0 Å². The Hall–Kier alpha value is -1.33. The summed E-state index contributed by atoms with van der Waals surface area (Å²) in [7, 11) is 0. The van der Waals surface area contributed by atoms with E-state index in [-0.39, 0.29) is 5.82 Å². The minimum Gasteiger partial charge on any atom is -0.315 e. The fourth-order valence-corrected chi connectivity index (χ4v) is 2.76.